The van der Waals surface area contributed by atoms with E-state index in [0.29, 0.717) is 25.8 Å². The van der Waals surface area contributed by atoms with Crippen LogP contribution < -0.4 is 5.32 Å². The first kappa shape index (κ1) is 15.0. The molecule has 1 unspecified atom stereocenters. The van der Waals surface area contributed by atoms with Crippen molar-refractivity contribution in [2.24, 2.45) is 0 Å². The Kier molecular flexibility index (Phi) is 5.14. The predicted molar refractivity (Wildman–Crippen MR) is 69.1 cm³/mol. The monoisotopic (exact) mass is 256 g/mol. The molecule has 0 radical (unpaired) electrons. The summed E-state index contributed by atoms with van der Waals surface area (Å²) >= 11 is 0. The zero-order valence-corrected chi connectivity index (χ0v) is 11.8. The molecule has 1 atom stereocenters. The van der Waals surface area contributed by atoms with Crippen LogP contribution in [0.3, 0.4) is 0 Å². The minimum Gasteiger partial charge on any atom is -0.460 e. The average Bonchev–Trinajstić information content (AvgIpc) is 2.35. The standard InChI is InChI=1S/C13H24N2O3/c1-13(2,3)18-12(17)6-5-10-9-11(16)14-7-8-15(10)4/h10H,5-9H2,1-4H3,(H,14,16). The molecule has 0 aromatic carbocycles. The van der Waals surface area contributed by atoms with Crippen molar-refractivity contribution in [2.75, 3.05) is 20.1 Å². The second kappa shape index (κ2) is 6.18. The molecule has 104 valence electrons. The van der Waals surface area contributed by atoms with Crippen LogP contribution in [0.5, 0.6) is 0 Å². The third-order valence-electron chi connectivity index (χ3n) is 2.93. The Morgan fingerprint density at radius 2 is 2.17 bits per heavy atom. The molecule has 1 saturated heterocycles. The van der Waals surface area contributed by atoms with Crippen LogP contribution in [0.1, 0.15) is 40.0 Å². The summed E-state index contributed by atoms with van der Waals surface area (Å²) in [5, 5.41) is 2.83. The summed E-state index contributed by atoms with van der Waals surface area (Å²) in [5.74, 6) is -0.130. The van der Waals surface area contributed by atoms with Gasteiger partial charge in [0.25, 0.3) is 0 Å². The van der Waals surface area contributed by atoms with Gasteiger partial charge in [-0.3, -0.25) is 9.59 Å². The van der Waals surface area contributed by atoms with Gasteiger partial charge in [0.05, 0.1) is 0 Å². The first-order chi connectivity index (χ1) is 8.28. The largest absolute Gasteiger partial charge is 0.460 e. The summed E-state index contributed by atoms with van der Waals surface area (Å²) in [6, 6.07) is 0.125. The number of esters is 1. The second-order valence-corrected chi connectivity index (χ2v) is 5.81. The Morgan fingerprint density at radius 1 is 1.50 bits per heavy atom. The lowest BCUT2D eigenvalue weighted by Gasteiger charge is -2.25. The molecular weight excluding hydrogens is 232 g/mol. The van der Waals surface area contributed by atoms with Crippen molar-refractivity contribution in [1.82, 2.24) is 10.2 Å². The minimum absolute atomic E-state index is 0.0635. The summed E-state index contributed by atoms with van der Waals surface area (Å²) < 4.78 is 5.26. The Labute approximate surface area is 109 Å². The van der Waals surface area contributed by atoms with E-state index in [9.17, 15) is 9.59 Å². The van der Waals surface area contributed by atoms with E-state index in [4.69, 9.17) is 4.74 Å². The van der Waals surface area contributed by atoms with E-state index in [-0.39, 0.29) is 17.9 Å². The molecule has 0 aliphatic carbocycles. The SMILES string of the molecule is CN1CCNC(=O)CC1CCC(=O)OC(C)(C)C. The predicted octanol–water partition coefficient (Wildman–Crippen LogP) is 0.929. The Morgan fingerprint density at radius 3 is 2.78 bits per heavy atom. The molecule has 0 aromatic rings. The maximum absolute atomic E-state index is 11.6. The van der Waals surface area contributed by atoms with Crippen molar-refractivity contribution in [2.45, 2.75) is 51.7 Å². The molecule has 1 amide bonds. The van der Waals surface area contributed by atoms with Crippen LogP contribution in [0, 0.1) is 0 Å². The zero-order valence-electron chi connectivity index (χ0n) is 11.8. The average molecular weight is 256 g/mol. The van der Waals surface area contributed by atoms with Crippen LogP contribution in [-0.4, -0.2) is 48.6 Å². The number of likely N-dealkylation sites (N-methyl/N-ethyl adjacent to an activating group) is 1. The number of ether oxygens (including phenoxy) is 1. The fourth-order valence-electron chi connectivity index (χ4n) is 2.00. The van der Waals surface area contributed by atoms with Gasteiger partial charge in [-0.15, -0.1) is 0 Å². The van der Waals surface area contributed by atoms with E-state index in [1.165, 1.54) is 0 Å². The molecule has 1 aliphatic rings. The third kappa shape index (κ3) is 5.49. The fourth-order valence-corrected chi connectivity index (χ4v) is 2.00. The molecule has 1 rings (SSSR count). The summed E-state index contributed by atoms with van der Waals surface area (Å²) in [5.41, 5.74) is -0.441. The number of hydrogen-bond donors (Lipinski definition) is 1. The number of rotatable bonds is 3. The van der Waals surface area contributed by atoms with Gasteiger partial charge in [-0.2, -0.15) is 0 Å². The molecule has 0 spiro atoms. The summed E-state index contributed by atoms with van der Waals surface area (Å²) in [6.45, 7) is 7.07. The number of hydrogen-bond acceptors (Lipinski definition) is 4. The summed E-state index contributed by atoms with van der Waals surface area (Å²) in [7, 11) is 1.99. The van der Waals surface area contributed by atoms with E-state index in [1.54, 1.807) is 0 Å². The highest BCUT2D eigenvalue weighted by atomic mass is 16.6. The van der Waals surface area contributed by atoms with E-state index >= 15 is 0 Å². The van der Waals surface area contributed by atoms with Crippen LogP contribution in [0.15, 0.2) is 0 Å². The van der Waals surface area contributed by atoms with E-state index in [2.05, 4.69) is 10.2 Å². The third-order valence-corrected chi connectivity index (χ3v) is 2.93. The smallest absolute Gasteiger partial charge is 0.306 e. The molecule has 1 aliphatic heterocycles. The number of nitrogens with zero attached hydrogens (tertiary/aromatic N) is 1. The van der Waals surface area contributed by atoms with Crippen LogP contribution in [0.2, 0.25) is 0 Å². The van der Waals surface area contributed by atoms with Gasteiger partial charge in [-0.1, -0.05) is 0 Å². The van der Waals surface area contributed by atoms with Gasteiger partial charge < -0.3 is 15.0 Å². The highest BCUT2D eigenvalue weighted by Gasteiger charge is 2.24. The van der Waals surface area contributed by atoms with Crippen LogP contribution in [-0.2, 0) is 14.3 Å². The zero-order chi connectivity index (χ0) is 13.8. The van der Waals surface area contributed by atoms with Crippen LogP contribution >= 0.6 is 0 Å². The van der Waals surface area contributed by atoms with Crippen LogP contribution in [0.25, 0.3) is 0 Å². The normalized spacial score (nSPS) is 22.2. The van der Waals surface area contributed by atoms with Gasteiger partial charge in [0.15, 0.2) is 0 Å². The van der Waals surface area contributed by atoms with Gasteiger partial charge >= 0.3 is 5.97 Å². The van der Waals surface area contributed by atoms with Crippen molar-refractivity contribution in [3.8, 4) is 0 Å². The highest BCUT2D eigenvalue weighted by molar-refractivity contribution is 5.77. The summed E-state index contributed by atoms with van der Waals surface area (Å²) in [6.07, 6.45) is 1.48. The molecule has 1 fully saturated rings. The molecule has 0 aromatic heterocycles. The van der Waals surface area contributed by atoms with Gasteiger partial charge in [-0.05, 0) is 34.2 Å². The Bertz CT molecular complexity index is 310. The quantitative estimate of drug-likeness (QED) is 0.763. The molecule has 18 heavy (non-hydrogen) atoms. The number of carbonyl (C=O) groups is 2. The molecule has 0 bridgehead atoms. The van der Waals surface area contributed by atoms with Crippen LogP contribution in [0.4, 0.5) is 0 Å². The number of amides is 1. The van der Waals surface area contributed by atoms with Crippen molar-refractivity contribution in [3.05, 3.63) is 0 Å². The van der Waals surface area contributed by atoms with Crippen molar-refractivity contribution in [1.29, 1.82) is 0 Å². The van der Waals surface area contributed by atoms with Crippen molar-refractivity contribution >= 4 is 11.9 Å². The molecule has 5 nitrogen and oxygen atoms in total. The molecular formula is C13H24N2O3. The minimum atomic E-state index is -0.441. The lowest BCUT2D eigenvalue weighted by molar-refractivity contribution is -0.155. The molecule has 1 heterocycles. The topological polar surface area (TPSA) is 58.6 Å². The van der Waals surface area contributed by atoms with E-state index in [1.807, 2.05) is 27.8 Å². The molecule has 0 saturated carbocycles. The van der Waals surface area contributed by atoms with Gasteiger partial charge in [0, 0.05) is 32.0 Å². The summed E-state index contributed by atoms with van der Waals surface area (Å²) in [4.78, 5) is 25.2. The first-order valence-electron chi connectivity index (χ1n) is 6.47. The fraction of sp³-hybridized carbons (Fsp3) is 0.846. The molecule has 1 N–H and O–H groups in total. The number of nitrogens with one attached hydrogen (secondary N) is 1. The maximum atomic E-state index is 11.6. The second-order valence-electron chi connectivity index (χ2n) is 5.81. The Hall–Kier alpha value is -1.10. The van der Waals surface area contributed by atoms with Crippen molar-refractivity contribution < 1.29 is 14.3 Å². The van der Waals surface area contributed by atoms with E-state index < -0.39 is 5.60 Å². The lowest BCUT2D eigenvalue weighted by atomic mass is 10.1. The van der Waals surface area contributed by atoms with E-state index in [0.717, 1.165) is 6.54 Å². The molecule has 5 heteroatoms. The van der Waals surface area contributed by atoms with Gasteiger partial charge in [0.1, 0.15) is 5.60 Å². The number of carbonyl (C=O) groups excluding carboxylic acids is 2. The van der Waals surface area contributed by atoms with Gasteiger partial charge in [0.2, 0.25) is 5.91 Å². The first-order valence-corrected chi connectivity index (χ1v) is 6.47. The lowest BCUT2D eigenvalue weighted by Crippen LogP contribution is -2.33. The maximum Gasteiger partial charge on any atom is 0.306 e. The Balaban J connectivity index is 2.41. The van der Waals surface area contributed by atoms with Gasteiger partial charge in [-0.25, -0.2) is 0 Å². The highest BCUT2D eigenvalue weighted by Crippen LogP contribution is 2.14. The van der Waals surface area contributed by atoms with Crippen molar-refractivity contribution in [3.63, 3.8) is 0 Å².